The smallest absolute Gasteiger partial charge is 0.134 e. The maximum atomic E-state index is 13.4. The molecule has 0 amide bonds. The molecule has 2 rings (SSSR count). The van der Waals surface area contributed by atoms with Gasteiger partial charge in [-0.1, -0.05) is 0 Å². The highest BCUT2D eigenvalue weighted by atomic mass is 19.1. The molecule has 0 aliphatic heterocycles. The summed E-state index contributed by atoms with van der Waals surface area (Å²) in [4.78, 5) is 3.93. The second-order valence-corrected chi connectivity index (χ2v) is 3.31. The Hall–Kier alpha value is -1.77. The summed E-state index contributed by atoms with van der Waals surface area (Å²) < 4.78 is 26.2. The topological polar surface area (TPSA) is 12.9 Å². The zero-order valence-electron chi connectivity index (χ0n) is 8.17. The maximum absolute atomic E-state index is 13.4. The molecule has 0 saturated heterocycles. The van der Waals surface area contributed by atoms with E-state index in [2.05, 4.69) is 4.98 Å². The molecule has 1 aromatic heterocycles. The van der Waals surface area contributed by atoms with E-state index in [4.69, 9.17) is 0 Å². The Bertz CT molecular complexity index is 495. The Morgan fingerprint density at radius 1 is 1.07 bits per heavy atom. The number of rotatable bonds is 1. The normalized spacial score (nSPS) is 10.3. The second kappa shape index (κ2) is 3.77. The summed E-state index contributed by atoms with van der Waals surface area (Å²) >= 11 is 0. The Labute approximate surface area is 86.4 Å². The van der Waals surface area contributed by atoms with Crippen molar-refractivity contribution in [1.82, 2.24) is 4.98 Å². The molecule has 76 valence electrons. The summed E-state index contributed by atoms with van der Waals surface area (Å²) in [5.41, 5.74) is 1.98. The summed E-state index contributed by atoms with van der Waals surface area (Å²) in [6, 6.07) is 5.33. The summed E-state index contributed by atoms with van der Waals surface area (Å²) in [6.07, 6.45) is 3.21. The van der Waals surface area contributed by atoms with Crippen LogP contribution >= 0.6 is 0 Å². The van der Waals surface area contributed by atoms with E-state index >= 15 is 0 Å². The van der Waals surface area contributed by atoms with Crippen LogP contribution < -0.4 is 0 Å². The molecule has 0 radical (unpaired) electrons. The van der Waals surface area contributed by atoms with Gasteiger partial charge in [0.25, 0.3) is 0 Å². The minimum absolute atomic E-state index is 0.377. The first-order valence-electron chi connectivity index (χ1n) is 4.54. The molecule has 0 bridgehead atoms. The molecule has 0 spiro atoms. The first-order valence-corrected chi connectivity index (χ1v) is 4.54. The highest BCUT2D eigenvalue weighted by Crippen LogP contribution is 2.25. The molecule has 15 heavy (non-hydrogen) atoms. The zero-order valence-corrected chi connectivity index (χ0v) is 8.17. The monoisotopic (exact) mass is 205 g/mol. The Morgan fingerprint density at radius 2 is 1.87 bits per heavy atom. The van der Waals surface area contributed by atoms with Crippen LogP contribution in [0.5, 0.6) is 0 Å². The average Bonchev–Trinajstić information content (AvgIpc) is 2.20. The molecule has 0 aliphatic rings. The predicted molar refractivity (Wildman–Crippen MR) is 54.3 cm³/mol. The van der Waals surface area contributed by atoms with E-state index in [1.165, 1.54) is 12.1 Å². The van der Waals surface area contributed by atoms with Crippen LogP contribution in [0.1, 0.15) is 5.56 Å². The van der Waals surface area contributed by atoms with E-state index in [0.717, 1.165) is 11.6 Å². The number of benzene rings is 1. The minimum Gasteiger partial charge on any atom is -0.264 e. The fourth-order valence-corrected chi connectivity index (χ4v) is 1.45. The fourth-order valence-electron chi connectivity index (χ4n) is 1.45. The van der Waals surface area contributed by atoms with E-state index in [0.29, 0.717) is 11.1 Å². The standard InChI is InChI=1S/C12H9F2N/c1-8-4-5-15-7-11(8)10-3-2-9(13)6-12(10)14/h2-7H,1H3. The molecule has 1 nitrogen and oxygen atoms in total. The van der Waals surface area contributed by atoms with Crippen molar-refractivity contribution in [3.05, 3.63) is 53.9 Å². The van der Waals surface area contributed by atoms with E-state index in [9.17, 15) is 8.78 Å². The van der Waals surface area contributed by atoms with Gasteiger partial charge in [0.15, 0.2) is 0 Å². The van der Waals surface area contributed by atoms with Crippen LogP contribution in [0.25, 0.3) is 11.1 Å². The number of nitrogens with zero attached hydrogens (tertiary/aromatic N) is 1. The van der Waals surface area contributed by atoms with Crippen LogP contribution in [0.2, 0.25) is 0 Å². The van der Waals surface area contributed by atoms with Crippen LogP contribution in [-0.2, 0) is 0 Å². The van der Waals surface area contributed by atoms with Gasteiger partial charge in [-0.05, 0) is 30.7 Å². The molecule has 0 atom stereocenters. The van der Waals surface area contributed by atoms with E-state index in [1.807, 2.05) is 6.92 Å². The second-order valence-electron chi connectivity index (χ2n) is 3.31. The van der Waals surface area contributed by atoms with Crippen LogP contribution in [0, 0.1) is 18.6 Å². The van der Waals surface area contributed by atoms with Gasteiger partial charge in [0.2, 0.25) is 0 Å². The maximum Gasteiger partial charge on any atom is 0.134 e. The third kappa shape index (κ3) is 1.86. The van der Waals surface area contributed by atoms with Crippen molar-refractivity contribution < 1.29 is 8.78 Å². The van der Waals surface area contributed by atoms with Gasteiger partial charge in [-0.15, -0.1) is 0 Å². The molecule has 0 fully saturated rings. The third-order valence-electron chi connectivity index (χ3n) is 2.26. The summed E-state index contributed by atoms with van der Waals surface area (Å²) in [7, 11) is 0. The van der Waals surface area contributed by atoms with E-state index < -0.39 is 11.6 Å². The largest absolute Gasteiger partial charge is 0.264 e. The van der Waals surface area contributed by atoms with Gasteiger partial charge in [-0.3, -0.25) is 4.98 Å². The molecule has 0 saturated carbocycles. The number of halogens is 2. The molecular weight excluding hydrogens is 196 g/mol. The third-order valence-corrected chi connectivity index (χ3v) is 2.26. The summed E-state index contributed by atoms with van der Waals surface area (Å²) in [5.74, 6) is -1.14. The lowest BCUT2D eigenvalue weighted by atomic mass is 10.0. The molecule has 0 N–H and O–H groups in total. The Balaban J connectivity index is 2.60. The molecule has 3 heteroatoms. The number of hydrogen-bond donors (Lipinski definition) is 0. The van der Waals surface area contributed by atoms with Gasteiger partial charge in [0.1, 0.15) is 11.6 Å². The van der Waals surface area contributed by atoms with Gasteiger partial charge < -0.3 is 0 Å². The van der Waals surface area contributed by atoms with Gasteiger partial charge in [-0.2, -0.15) is 0 Å². The van der Waals surface area contributed by atoms with Crippen molar-refractivity contribution in [3.63, 3.8) is 0 Å². The van der Waals surface area contributed by atoms with Crippen molar-refractivity contribution >= 4 is 0 Å². The van der Waals surface area contributed by atoms with E-state index in [1.54, 1.807) is 18.5 Å². The lowest BCUT2D eigenvalue weighted by Gasteiger charge is -2.05. The van der Waals surface area contributed by atoms with Crippen LogP contribution in [0.15, 0.2) is 36.7 Å². The Morgan fingerprint density at radius 3 is 2.53 bits per heavy atom. The van der Waals surface area contributed by atoms with Gasteiger partial charge in [0, 0.05) is 29.6 Å². The lowest BCUT2D eigenvalue weighted by Crippen LogP contribution is -1.89. The van der Waals surface area contributed by atoms with Crippen molar-refractivity contribution in [2.45, 2.75) is 6.92 Å². The van der Waals surface area contributed by atoms with Crippen molar-refractivity contribution in [3.8, 4) is 11.1 Å². The Kier molecular flexibility index (Phi) is 2.46. The van der Waals surface area contributed by atoms with Crippen LogP contribution in [0.4, 0.5) is 8.78 Å². The first-order chi connectivity index (χ1) is 7.18. The SMILES string of the molecule is Cc1ccncc1-c1ccc(F)cc1F. The van der Waals surface area contributed by atoms with Crippen molar-refractivity contribution in [2.75, 3.05) is 0 Å². The predicted octanol–water partition coefficient (Wildman–Crippen LogP) is 3.34. The molecule has 0 unspecified atom stereocenters. The van der Waals surface area contributed by atoms with Crippen LogP contribution in [-0.4, -0.2) is 4.98 Å². The minimum atomic E-state index is -0.571. The van der Waals surface area contributed by atoms with Gasteiger partial charge in [-0.25, -0.2) is 8.78 Å². The molecule has 0 aliphatic carbocycles. The molecule has 2 aromatic rings. The molecule has 1 heterocycles. The molecular formula is C12H9F2N. The highest BCUT2D eigenvalue weighted by Gasteiger charge is 2.08. The summed E-state index contributed by atoms with van der Waals surface area (Å²) in [5, 5.41) is 0. The van der Waals surface area contributed by atoms with Gasteiger partial charge in [0.05, 0.1) is 0 Å². The number of aromatic nitrogens is 1. The van der Waals surface area contributed by atoms with Gasteiger partial charge >= 0.3 is 0 Å². The number of aryl methyl sites for hydroxylation is 1. The van der Waals surface area contributed by atoms with E-state index in [-0.39, 0.29) is 0 Å². The first kappa shape index (κ1) is 9.77. The fraction of sp³-hybridized carbons (Fsp3) is 0.0833. The van der Waals surface area contributed by atoms with Crippen molar-refractivity contribution in [1.29, 1.82) is 0 Å². The number of pyridine rings is 1. The quantitative estimate of drug-likeness (QED) is 0.695. The summed E-state index contributed by atoms with van der Waals surface area (Å²) in [6.45, 7) is 1.86. The lowest BCUT2D eigenvalue weighted by molar-refractivity contribution is 0.585. The number of hydrogen-bond acceptors (Lipinski definition) is 1. The highest BCUT2D eigenvalue weighted by molar-refractivity contribution is 5.66. The van der Waals surface area contributed by atoms with Crippen LogP contribution in [0.3, 0.4) is 0 Å². The average molecular weight is 205 g/mol. The molecule has 1 aromatic carbocycles. The van der Waals surface area contributed by atoms with Crippen molar-refractivity contribution in [2.24, 2.45) is 0 Å². The zero-order chi connectivity index (χ0) is 10.8.